The number of halogens is 5. The fourth-order valence-electron chi connectivity index (χ4n) is 3.99. The van der Waals surface area contributed by atoms with Crippen molar-refractivity contribution in [3.05, 3.63) is 65.8 Å². The van der Waals surface area contributed by atoms with Crippen molar-refractivity contribution < 1.29 is 36.3 Å². The van der Waals surface area contributed by atoms with Crippen molar-refractivity contribution in [3.8, 4) is 0 Å². The number of nitrogens with zero attached hydrogens (tertiary/aromatic N) is 4. The van der Waals surface area contributed by atoms with E-state index in [-0.39, 0.29) is 25.2 Å². The van der Waals surface area contributed by atoms with Crippen LogP contribution in [0, 0.1) is 11.6 Å². The van der Waals surface area contributed by atoms with E-state index in [2.05, 4.69) is 15.1 Å². The van der Waals surface area contributed by atoms with Gasteiger partial charge in [0.15, 0.2) is 0 Å². The molecular weight excluding hydrogens is 423 g/mol. The number of aromatic nitrogens is 5. The van der Waals surface area contributed by atoms with E-state index in [1.807, 2.05) is 0 Å². The first-order chi connectivity index (χ1) is 14.6. The predicted octanol–water partition coefficient (Wildman–Crippen LogP) is 1.40. The number of aromatic amines is 2. The predicted molar refractivity (Wildman–Crippen MR) is 94.9 cm³/mol. The monoisotopic (exact) mass is 444 g/mol. The minimum atomic E-state index is -4.50. The van der Waals surface area contributed by atoms with E-state index in [9.17, 15) is 27.1 Å². The minimum Gasteiger partial charge on any atom is -0.379 e. The number of imidazole rings is 1. The van der Waals surface area contributed by atoms with Crippen molar-refractivity contribution in [1.29, 1.82) is 0 Å². The lowest BCUT2D eigenvalue weighted by Crippen LogP contribution is -2.60. The van der Waals surface area contributed by atoms with Crippen LogP contribution in [-0.2, 0) is 31.4 Å². The molecule has 0 saturated heterocycles. The molecule has 0 bridgehead atoms. The van der Waals surface area contributed by atoms with Crippen molar-refractivity contribution >= 4 is 0 Å². The van der Waals surface area contributed by atoms with E-state index >= 15 is 0 Å². The van der Waals surface area contributed by atoms with Crippen molar-refractivity contribution in [3.63, 3.8) is 0 Å². The van der Waals surface area contributed by atoms with Crippen LogP contribution in [-0.4, -0.2) is 37.7 Å². The fourth-order valence-corrected chi connectivity index (χ4v) is 3.99. The standard InChI is InChI=1S/C19H19F5N6O/c1-12(28-4-5-29-7-16(19(22,23)24)27-17(29)8-28)18(31,9-30-11-25-10-26-30)14-3-2-13(20)6-15(14)21/h2-3,6-7,10-12,31H,4-5,8-9H2,1H3/p+2/t12-,18-/m1/s1. The maximum absolute atomic E-state index is 14.7. The van der Waals surface area contributed by atoms with E-state index in [4.69, 9.17) is 0 Å². The summed E-state index contributed by atoms with van der Waals surface area (Å²) in [6.07, 6.45) is -0.697. The summed E-state index contributed by atoms with van der Waals surface area (Å²) in [7, 11) is 0. The highest BCUT2D eigenvalue weighted by Gasteiger charge is 2.46. The molecule has 12 heteroatoms. The minimum absolute atomic E-state index is 0.0794. The molecule has 2 aromatic heterocycles. The number of aliphatic hydroxyl groups is 1. The van der Waals surface area contributed by atoms with Gasteiger partial charge in [-0.3, -0.25) is 4.90 Å². The second-order valence-corrected chi connectivity index (χ2v) is 7.65. The maximum atomic E-state index is 14.7. The summed E-state index contributed by atoms with van der Waals surface area (Å²) >= 11 is 0. The van der Waals surface area contributed by atoms with Gasteiger partial charge in [-0.05, 0) is 18.0 Å². The molecule has 166 valence electrons. The van der Waals surface area contributed by atoms with Gasteiger partial charge < -0.3 is 5.11 Å². The number of benzene rings is 1. The van der Waals surface area contributed by atoms with Crippen LogP contribution >= 0.6 is 0 Å². The van der Waals surface area contributed by atoms with Crippen molar-refractivity contribution in [2.24, 2.45) is 0 Å². The summed E-state index contributed by atoms with van der Waals surface area (Å²) in [5.74, 6) is -1.38. The Balaban J connectivity index is 1.68. The lowest BCUT2D eigenvalue weighted by atomic mass is 9.85. The quantitative estimate of drug-likeness (QED) is 0.412. The third-order valence-corrected chi connectivity index (χ3v) is 5.75. The average Bonchev–Trinajstić information content (AvgIpc) is 3.35. The summed E-state index contributed by atoms with van der Waals surface area (Å²) in [4.78, 5) is 8.02. The van der Waals surface area contributed by atoms with Gasteiger partial charge in [0.25, 0.3) is 5.82 Å². The number of hydrogen-bond donors (Lipinski definition) is 3. The SMILES string of the molecule is C[C@@H](N1CC[n+]2cc(C(F)(F)F)[nH]c2C1)[C@](O)(C[n+]1cnc[nH]1)c1ccc(F)cc1F. The molecule has 31 heavy (non-hydrogen) atoms. The Kier molecular flexibility index (Phi) is 5.30. The second kappa shape index (κ2) is 7.68. The first-order valence-electron chi connectivity index (χ1n) is 9.56. The first kappa shape index (κ1) is 21.4. The average molecular weight is 444 g/mol. The fraction of sp³-hybridized carbons (Fsp3) is 0.421. The van der Waals surface area contributed by atoms with Crippen molar-refractivity contribution in [2.45, 2.75) is 44.4 Å². The number of rotatable bonds is 5. The van der Waals surface area contributed by atoms with E-state index in [1.54, 1.807) is 11.8 Å². The smallest absolute Gasteiger partial charge is 0.379 e. The van der Waals surface area contributed by atoms with Crippen LogP contribution < -0.4 is 9.25 Å². The Morgan fingerprint density at radius 3 is 2.71 bits per heavy atom. The van der Waals surface area contributed by atoms with Gasteiger partial charge >= 0.3 is 12.5 Å². The van der Waals surface area contributed by atoms with Crippen molar-refractivity contribution in [1.82, 2.24) is 20.0 Å². The summed E-state index contributed by atoms with van der Waals surface area (Å²) in [5, 5.41) is 14.4. The molecule has 0 aliphatic carbocycles. The number of nitrogens with one attached hydrogen (secondary N) is 2. The molecule has 0 unspecified atom stereocenters. The van der Waals surface area contributed by atoms with Crippen molar-refractivity contribution in [2.75, 3.05) is 6.54 Å². The topological polar surface area (TPSA) is 75.7 Å². The maximum Gasteiger partial charge on any atom is 0.457 e. The molecule has 3 heterocycles. The molecular formula is C19H21F5N6O+2. The van der Waals surface area contributed by atoms with Gasteiger partial charge in [0, 0.05) is 24.2 Å². The van der Waals surface area contributed by atoms with Crippen LogP contribution in [0.2, 0.25) is 0 Å². The molecule has 3 N–H and O–H groups in total. The van der Waals surface area contributed by atoms with Crippen LogP contribution in [0.1, 0.15) is 24.0 Å². The van der Waals surface area contributed by atoms with Crippen LogP contribution in [0.3, 0.4) is 0 Å². The third-order valence-electron chi connectivity index (χ3n) is 5.75. The Labute approximate surface area is 173 Å². The molecule has 1 aliphatic rings. The van der Waals surface area contributed by atoms with Crippen LogP contribution in [0.15, 0.2) is 37.1 Å². The molecule has 0 spiro atoms. The molecule has 1 aromatic carbocycles. The van der Waals surface area contributed by atoms with E-state index in [0.717, 1.165) is 12.3 Å². The summed E-state index contributed by atoms with van der Waals surface area (Å²) < 4.78 is 70.2. The highest BCUT2D eigenvalue weighted by atomic mass is 19.4. The lowest BCUT2D eigenvalue weighted by Gasteiger charge is -2.40. The van der Waals surface area contributed by atoms with Crippen LogP contribution in [0.4, 0.5) is 22.0 Å². The van der Waals surface area contributed by atoms with Crippen LogP contribution in [0.5, 0.6) is 0 Å². The molecule has 2 atom stereocenters. The normalized spacial score (nSPS) is 17.9. The molecule has 3 aromatic rings. The van der Waals surface area contributed by atoms with E-state index in [1.165, 1.54) is 28.0 Å². The van der Waals surface area contributed by atoms with Gasteiger partial charge in [-0.2, -0.15) is 23.0 Å². The highest BCUT2D eigenvalue weighted by Crippen LogP contribution is 2.33. The third kappa shape index (κ3) is 4.04. The Hall–Kier alpha value is -2.86. The van der Waals surface area contributed by atoms with Gasteiger partial charge in [0.2, 0.25) is 12.0 Å². The lowest BCUT2D eigenvalue weighted by molar-refractivity contribution is -0.765. The Morgan fingerprint density at radius 1 is 1.29 bits per heavy atom. The van der Waals surface area contributed by atoms with Gasteiger partial charge in [-0.25, -0.2) is 18.3 Å². The zero-order chi connectivity index (χ0) is 22.4. The van der Waals surface area contributed by atoms with Gasteiger partial charge in [-0.1, -0.05) is 6.07 Å². The Bertz CT molecular complexity index is 1070. The molecule has 0 fully saturated rings. The molecule has 4 rings (SSSR count). The zero-order valence-electron chi connectivity index (χ0n) is 16.5. The zero-order valence-corrected chi connectivity index (χ0v) is 16.5. The molecule has 1 aliphatic heterocycles. The summed E-state index contributed by atoms with van der Waals surface area (Å²) in [5.41, 5.74) is -2.81. The van der Waals surface area contributed by atoms with Crippen LogP contribution in [0.25, 0.3) is 0 Å². The molecule has 0 amide bonds. The van der Waals surface area contributed by atoms with Gasteiger partial charge in [0.05, 0.1) is 0 Å². The van der Waals surface area contributed by atoms with Gasteiger partial charge in [-0.15, -0.1) is 0 Å². The largest absolute Gasteiger partial charge is 0.457 e. The number of H-pyrrole nitrogens is 2. The molecule has 0 saturated carbocycles. The number of hydrogen-bond acceptors (Lipinski definition) is 3. The van der Waals surface area contributed by atoms with Gasteiger partial charge in [0.1, 0.15) is 43.1 Å². The summed E-state index contributed by atoms with van der Waals surface area (Å²) in [6, 6.07) is 2.18. The number of alkyl halides is 3. The Morgan fingerprint density at radius 2 is 2.06 bits per heavy atom. The first-order valence-corrected chi connectivity index (χ1v) is 9.56. The highest BCUT2D eigenvalue weighted by molar-refractivity contribution is 5.26. The second-order valence-electron chi connectivity index (χ2n) is 7.65. The van der Waals surface area contributed by atoms with E-state index < -0.39 is 35.1 Å². The van der Waals surface area contributed by atoms with E-state index in [0.29, 0.717) is 18.4 Å². The molecule has 0 radical (unpaired) electrons. The summed E-state index contributed by atoms with van der Waals surface area (Å²) in [6.45, 7) is 2.18. The molecule has 7 nitrogen and oxygen atoms in total. The number of fused-ring (bicyclic) bond motifs is 1.